The third-order valence-electron chi connectivity index (χ3n) is 2.75. The van der Waals surface area contributed by atoms with Crippen LogP contribution in [0.15, 0.2) is 42.2 Å². The van der Waals surface area contributed by atoms with Gasteiger partial charge >= 0.3 is 0 Å². The Hall–Kier alpha value is -2.58. The Morgan fingerprint density at radius 2 is 2.00 bits per heavy atom. The third kappa shape index (κ3) is 3.30. The van der Waals surface area contributed by atoms with Crippen molar-refractivity contribution < 1.29 is 4.39 Å². The first kappa shape index (κ1) is 13.4. The second kappa shape index (κ2) is 5.81. The average molecular weight is 295 g/mol. The van der Waals surface area contributed by atoms with E-state index in [0.717, 1.165) is 27.4 Å². The highest BCUT2D eigenvalue weighted by Crippen LogP contribution is 2.18. The first-order chi connectivity index (χ1) is 10.2. The van der Waals surface area contributed by atoms with Gasteiger partial charge in [-0.1, -0.05) is 5.92 Å². The average Bonchev–Trinajstić information content (AvgIpc) is 2.92. The zero-order valence-electron chi connectivity index (χ0n) is 11.2. The van der Waals surface area contributed by atoms with E-state index in [1.54, 1.807) is 29.8 Å². The summed E-state index contributed by atoms with van der Waals surface area (Å²) in [6.07, 6.45) is 4.87. The maximum Gasteiger partial charge on any atom is 0.212 e. The molecular formula is C16H10FN3S. The second-order valence-electron chi connectivity index (χ2n) is 4.33. The van der Waals surface area contributed by atoms with Crippen molar-refractivity contribution >= 4 is 11.3 Å². The van der Waals surface area contributed by atoms with Gasteiger partial charge in [-0.25, -0.2) is 9.97 Å². The minimum absolute atomic E-state index is 0.499. The Morgan fingerprint density at radius 1 is 1.10 bits per heavy atom. The van der Waals surface area contributed by atoms with Gasteiger partial charge in [0.1, 0.15) is 5.69 Å². The molecule has 5 heteroatoms. The predicted molar refractivity (Wildman–Crippen MR) is 80.3 cm³/mol. The molecule has 3 aromatic rings. The summed E-state index contributed by atoms with van der Waals surface area (Å²) in [6, 6.07) is 4.89. The van der Waals surface area contributed by atoms with Gasteiger partial charge in [0.05, 0.1) is 5.01 Å². The lowest BCUT2D eigenvalue weighted by molar-refractivity contribution is 0.584. The zero-order chi connectivity index (χ0) is 14.7. The maximum absolute atomic E-state index is 12.8. The second-order valence-corrected chi connectivity index (χ2v) is 5.40. The SMILES string of the molecule is Cc1nc(C#Cc2cncc(-c3ccc(F)nc3)c2)cs1. The fraction of sp³-hybridized carbons (Fsp3) is 0.0625. The smallest absolute Gasteiger partial charge is 0.212 e. The fourth-order valence-electron chi connectivity index (χ4n) is 1.77. The van der Waals surface area contributed by atoms with E-state index >= 15 is 0 Å². The summed E-state index contributed by atoms with van der Waals surface area (Å²) in [6.45, 7) is 1.94. The van der Waals surface area contributed by atoms with E-state index in [9.17, 15) is 4.39 Å². The molecule has 102 valence electrons. The van der Waals surface area contributed by atoms with Crippen LogP contribution in [0, 0.1) is 24.7 Å². The lowest BCUT2D eigenvalue weighted by Gasteiger charge is -2.00. The molecule has 0 aliphatic carbocycles. The van der Waals surface area contributed by atoms with E-state index in [1.807, 2.05) is 18.4 Å². The van der Waals surface area contributed by atoms with Crippen molar-refractivity contribution in [1.82, 2.24) is 15.0 Å². The van der Waals surface area contributed by atoms with E-state index < -0.39 is 5.95 Å². The van der Waals surface area contributed by atoms with Crippen LogP contribution in [0.4, 0.5) is 4.39 Å². The molecule has 0 saturated carbocycles. The van der Waals surface area contributed by atoms with Gasteiger partial charge in [0.15, 0.2) is 0 Å². The van der Waals surface area contributed by atoms with Gasteiger partial charge in [-0.05, 0) is 31.0 Å². The molecule has 0 N–H and O–H groups in total. The quantitative estimate of drug-likeness (QED) is 0.510. The van der Waals surface area contributed by atoms with E-state index in [0.29, 0.717) is 0 Å². The largest absolute Gasteiger partial charge is 0.263 e. The van der Waals surface area contributed by atoms with E-state index in [1.165, 1.54) is 12.3 Å². The van der Waals surface area contributed by atoms with Crippen molar-refractivity contribution in [1.29, 1.82) is 0 Å². The van der Waals surface area contributed by atoms with Gasteiger partial charge in [-0.3, -0.25) is 4.98 Å². The molecule has 3 rings (SSSR count). The summed E-state index contributed by atoms with van der Waals surface area (Å²) < 4.78 is 12.8. The number of pyridine rings is 2. The van der Waals surface area contributed by atoms with Crippen molar-refractivity contribution in [2.75, 3.05) is 0 Å². The standard InChI is InChI=1S/C16H10FN3S/c1-11-20-15(10-21-11)4-2-12-6-14(8-18-7-12)13-3-5-16(17)19-9-13/h3,5-10H,1H3. The van der Waals surface area contributed by atoms with Gasteiger partial charge < -0.3 is 0 Å². The number of thiazole rings is 1. The van der Waals surface area contributed by atoms with Crippen molar-refractivity contribution in [2.45, 2.75) is 6.92 Å². The molecule has 0 bridgehead atoms. The van der Waals surface area contributed by atoms with E-state index in [2.05, 4.69) is 26.8 Å². The Labute approximate surface area is 125 Å². The summed E-state index contributed by atoms with van der Waals surface area (Å²) in [5.41, 5.74) is 3.19. The van der Waals surface area contributed by atoms with Gasteiger partial charge in [0, 0.05) is 40.7 Å². The van der Waals surface area contributed by atoms with Crippen LogP contribution in [0.3, 0.4) is 0 Å². The van der Waals surface area contributed by atoms with Crippen LogP contribution >= 0.6 is 11.3 Å². The Bertz CT molecular complexity index is 828. The summed E-state index contributed by atoms with van der Waals surface area (Å²) in [4.78, 5) is 12.1. The number of aryl methyl sites for hydroxylation is 1. The van der Waals surface area contributed by atoms with Crippen LogP contribution in [0.2, 0.25) is 0 Å². The summed E-state index contributed by atoms with van der Waals surface area (Å²) in [5.74, 6) is 5.54. The van der Waals surface area contributed by atoms with E-state index in [4.69, 9.17) is 0 Å². The molecule has 0 aliphatic rings. The topological polar surface area (TPSA) is 38.7 Å². The minimum atomic E-state index is -0.499. The molecule has 3 aromatic heterocycles. The van der Waals surface area contributed by atoms with Gasteiger partial charge in [0.2, 0.25) is 5.95 Å². The van der Waals surface area contributed by atoms with Crippen LogP contribution in [0.25, 0.3) is 11.1 Å². The summed E-state index contributed by atoms with van der Waals surface area (Å²) in [7, 11) is 0. The van der Waals surface area contributed by atoms with Crippen LogP contribution in [0.5, 0.6) is 0 Å². The number of hydrogen-bond donors (Lipinski definition) is 0. The van der Waals surface area contributed by atoms with Crippen molar-refractivity contribution in [3.8, 4) is 23.0 Å². The minimum Gasteiger partial charge on any atom is -0.263 e. The van der Waals surface area contributed by atoms with Crippen LogP contribution in [-0.2, 0) is 0 Å². The lowest BCUT2D eigenvalue weighted by Crippen LogP contribution is -1.86. The molecule has 0 aromatic carbocycles. The molecule has 0 saturated heterocycles. The lowest BCUT2D eigenvalue weighted by atomic mass is 10.1. The first-order valence-corrected chi connectivity index (χ1v) is 7.10. The summed E-state index contributed by atoms with van der Waals surface area (Å²) >= 11 is 1.57. The Kier molecular flexibility index (Phi) is 3.71. The van der Waals surface area contributed by atoms with Gasteiger partial charge in [0.25, 0.3) is 0 Å². The molecule has 0 aliphatic heterocycles. The van der Waals surface area contributed by atoms with Crippen LogP contribution < -0.4 is 0 Å². The highest BCUT2D eigenvalue weighted by Gasteiger charge is 2.00. The van der Waals surface area contributed by atoms with Crippen molar-refractivity contribution in [3.63, 3.8) is 0 Å². The predicted octanol–water partition coefficient (Wildman–Crippen LogP) is 3.45. The molecule has 0 unspecified atom stereocenters. The molecule has 3 heterocycles. The molecule has 0 atom stereocenters. The zero-order valence-corrected chi connectivity index (χ0v) is 12.0. The fourth-order valence-corrected chi connectivity index (χ4v) is 2.31. The number of aromatic nitrogens is 3. The molecule has 0 amide bonds. The molecule has 0 fully saturated rings. The summed E-state index contributed by atoms with van der Waals surface area (Å²) in [5, 5.41) is 2.91. The molecule has 0 spiro atoms. The highest BCUT2D eigenvalue weighted by molar-refractivity contribution is 7.09. The third-order valence-corrected chi connectivity index (χ3v) is 3.53. The molecule has 21 heavy (non-hydrogen) atoms. The molecule has 3 nitrogen and oxygen atoms in total. The molecular weight excluding hydrogens is 285 g/mol. The number of rotatable bonds is 1. The molecule has 0 radical (unpaired) electrons. The van der Waals surface area contributed by atoms with Gasteiger partial charge in [-0.2, -0.15) is 4.39 Å². The van der Waals surface area contributed by atoms with E-state index in [-0.39, 0.29) is 0 Å². The Morgan fingerprint density at radius 3 is 2.71 bits per heavy atom. The first-order valence-electron chi connectivity index (χ1n) is 6.22. The van der Waals surface area contributed by atoms with Crippen LogP contribution in [0.1, 0.15) is 16.3 Å². The van der Waals surface area contributed by atoms with Gasteiger partial charge in [-0.15, -0.1) is 11.3 Å². The van der Waals surface area contributed by atoms with Crippen molar-refractivity contribution in [2.24, 2.45) is 0 Å². The monoisotopic (exact) mass is 295 g/mol. The highest BCUT2D eigenvalue weighted by atomic mass is 32.1. The number of halogens is 1. The maximum atomic E-state index is 12.8. The number of hydrogen-bond acceptors (Lipinski definition) is 4. The Balaban J connectivity index is 1.90. The normalized spacial score (nSPS) is 10.0. The van der Waals surface area contributed by atoms with Crippen LogP contribution in [-0.4, -0.2) is 15.0 Å². The number of nitrogens with zero attached hydrogens (tertiary/aromatic N) is 3. The van der Waals surface area contributed by atoms with Crippen molar-refractivity contribution in [3.05, 3.63) is 64.4 Å².